The van der Waals surface area contributed by atoms with Gasteiger partial charge in [0.2, 0.25) is 5.91 Å². The average Bonchev–Trinajstić information content (AvgIpc) is 2.45. The molecular weight excluding hydrogens is 240 g/mol. The number of anilines is 1. The monoisotopic (exact) mass is 262 g/mol. The summed E-state index contributed by atoms with van der Waals surface area (Å²) >= 11 is 0. The largest absolute Gasteiger partial charge is 0.388 e. The van der Waals surface area contributed by atoms with Crippen LogP contribution in [0.1, 0.15) is 32.1 Å². The number of nitrogens with one attached hydrogen (secondary N) is 2. The molecular formula is C15H22N2O2. The molecule has 0 spiro atoms. The van der Waals surface area contributed by atoms with Crippen LogP contribution < -0.4 is 10.6 Å². The molecule has 0 aromatic heterocycles. The predicted octanol–water partition coefficient (Wildman–Crippen LogP) is 1.91. The summed E-state index contributed by atoms with van der Waals surface area (Å²) in [6, 6.07) is 9.61. The molecule has 0 unspecified atom stereocenters. The average molecular weight is 262 g/mol. The van der Waals surface area contributed by atoms with Gasteiger partial charge >= 0.3 is 0 Å². The molecule has 104 valence electrons. The maximum atomic E-state index is 11.7. The van der Waals surface area contributed by atoms with E-state index >= 15 is 0 Å². The number of hydrogen-bond donors (Lipinski definition) is 3. The van der Waals surface area contributed by atoms with Gasteiger partial charge in [0.15, 0.2) is 0 Å². The third-order valence-electron chi connectivity index (χ3n) is 3.63. The highest BCUT2D eigenvalue weighted by molar-refractivity contribution is 5.80. The van der Waals surface area contributed by atoms with Gasteiger partial charge in [-0.25, -0.2) is 0 Å². The summed E-state index contributed by atoms with van der Waals surface area (Å²) in [6.07, 6.45) is 4.87. The molecule has 0 heterocycles. The first-order chi connectivity index (χ1) is 9.18. The number of amides is 1. The van der Waals surface area contributed by atoms with Crippen molar-refractivity contribution >= 4 is 11.6 Å². The van der Waals surface area contributed by atoms with Gasteiger partial charge in [-0.2, -0.15) is 0 Å². The Labute approximate surface area is 114 Å². The Hall–Kier alpha value is -1.55. The van der Waals surface area contributed by atoms with E-state index in [-0.39, 0.29) is 12.5 Å². The van der Waals surface area contributed by atoms with Crippen molar-refractivity contribution in [1.29, 1.82) is 0 Å². The Morgan fingerprint density at radius 1 is 1.16 bits per heavy atom. The molecule has 1 amide bonds. The van der Waals surface area contributed by atoms with Crippen molar-refractivity contribution in [3.63, 3.8) is 0 Å². The molecule has 1 saturated carbocycles. The zero-order chi connectivity index (χ0) is 13.6. The summed E-state index contributed by atoms with van der Waals surface area (Å²) < 4.78 is 0. The molecule has 4 heteroatoms. The lowest BCUT2D eigenvalue weighted by Crippen LogP contribution is -2.45. The van der Waals surface area contributed by atoms with E-state index in [2.05, 4.69) is 10.6 Å². The second-order valence-corrected chi connectivity index (χ2v) is 5.28. The van der Waals surface area contributed by atoms with Crippen molar-refractivity contribution in [3.8, 4) is 0 Å². The zero-order valence-electron chi connectivity index (χ0n) is 11.2. The summed E-state index contributed by atoms with van der Waals surface area (Å²) in [5.74, 6) is -0.0807. The first-order valence-corrected chi connectivity index (χ1v) is 6.96. The van der Waals surface area contributed by atoms with E-state index in [0.29, 0.717) is 6.54 Å². The molecule has 1 fully saturated rings. The first kappa shape index (κ1) is 13.9. The molecule has 1 aliphatic carbocycles. The van der Waals surface area contributed by atoms with Gasteiger partial charge in [-0.15, -0.1) is 0 Å². The van der Waals surface area contributed by atoms with Crippen LogP contribution in [0.4, 0.5) is 5.69 Å². The SMILES string of the molecule is O=C(CNc1ccccc1)NCC1(O)CCCCC1. The molecule has 0 radical (unpaired) electrons. The fourth-order valence-corrected chi connectivity index (χ4v) is 2.45. The van der Waals surface area contributed by atoms with Gasteiger partial charge in [0.1, 0.15) is 0 Å². The third-order valence-corrected chi connectivity index (χ3v) is 3.63. The molecule has 1 aromatic carbocycles. The molecule has 0 saturated heterocycles. The molecule has 1 aliphatic rings. The highest BCUT2D eigenvalue weighted by Crippen LogP contribution is 2.27. The third kappa shape index (κ3) is 4.56. The standard InChI is InChI=1S/C15H22N2O2/c18-14(11-16-13-7-3-1-4-8-13)17-12-15(19)9-5-2-6-10-15/h1,3-4,7-8,16,19H,2,5-6,9-12H2,(H,17,18). The Morgan fingerprint density at radius 2 is 1.84 bits per heavy atom. The Bertz CT molecular complexity index is 400. The van der Waals surface area contributed by atoms with Crippen molar-refractivity contribution in [3.05, 3.63) is 30.3 Å². The van der Waals surface area contributed by atoms with Crippen LogP contribution in [0.25, 0.3) is 0 Å². The number of carbonyl (C=O) groups excluding carboxylic acids is 1. The number of para-hydroxylation sites is 1. The van der Waals surface area contributed by atoms with Crippen molar-refractivity contribution in [2.45, 2.75) is 37.7 Å². The number of aliphatic hydroxyl groups is 1. The number of benzene rings is 1. The minimum absolute atomic E-state index is 0.0807. The second kappa shape index (κ2) is 6.57. The first-order valence-electron chi connectivity index (χ1n) is 6.96. The molecule has 0 bridgehead atoms. The van der Waals surface area contributed by atoms with E-state index < -0.39 is 5.60 Å². The van der Waals surface area contributed by atoms with Crippen molar-refractivity contribution in [2.75, 3.05) is 18.4 Å². The van der Waals surface area contributed by atoms with Gasteiger partial charge in [0.25, 0.3) is 0 Å². The molecule has 4 nitrogen and oxygen atoms in total. The Kier molecular flexibility index (Phi) is 4.80. The van der Waals surface area contributed by atoms with Crippen molar-refractivity contribution in [2.24, 2.45) is 0 Å². The lowest BCUT2D eigenvalue weighted by molar-refractivity contribution is -0.121. The predicted molar refractivity (Wildman–Crippen MR) is 76.0 cm³/mol. The fourth-order valence-electron chi connectivity index (χ4n) is 2.45. The highest BCUT2D eigenvalue weighted by atomic mass is 16.3. The van der Waals surface area contributed by atoms with Crippen molar-refractivity contribution in [1.82, 2.24) is 5.32 Å². The summed E-state index contributed by atoms with van der Waals surface area (Å²) in [4.78, 5) is 11.7. The van der Waals surface area contributed by atoms with E-state index in [9.17, 15) is 9.90 Å². The number of rotatable bonds is 5. The van der Waals surface area contributed by atoms with E-state index in [1.807, 2.05) is 30.3 Å². The summed E-state index contributed by atoms with van der Waals surface area (Å²) in [6.45, 7) is 0.600. The van der Waals surface area contributed by atoms with E-state index in [4.69, 9.17) is 0 Å². The lowest BCUT2D eigenvalue weighted by Gasteiger charge is -2.32. The molecule has 1 aromatic rings. The van der Waals surface area contributed by atoms with Crippen LogP contribution in [0, 0.1) is 0 Å². The summed E-state index contributed by atoms with van der Waals surface area (Å²) in [5, 5.41) is 16.1. The maximum absolute atomic E-state index is 11.7. The molecule has 0 atom stereocenters. The smallest absolute Gasteiger partial charge is 0.239 e. The lowest BCUT2D eigenvalue weighted by atomic mass is 9.85. The Morgan fingerprint density at radius 3 is 2.53 bits per heavy atom. The van der Waals surface area contributed by atoms with E-state index in [1.165, 1.54) is 6.42 Å². The van der Waals surface area contributed by atoms with Crippen LogP contribution in [0.2, 0.25) is 0 Å². The normalized spacial score (nSPS) is 17.7. The van der Waals surface area contributed by atoms with Gasteiger partial charge in [-0.1, -0.05) is 37.5 Å². The van der Waals surface area contributed by atoms with Crippen LogP contribution in [0.15, 0.2) is 30.3 Å². The molecule has 2 rings (SSSR count). The van der Waals surface area contributed by atoms with Crippen LogP contribution in [0.3, 0.4) is 0 Å². The molecule has 0 aliphatic heterocycles. The zero-order valence-corrected chi connectivity index (χ0v) is 11.2. The summed E-state index contributed by atoms with van der Waals surface area (Å²) in [7, 11) is 0. The molecule has 3 N–H and O–H groups in total. The van der Waals surface area contributed by atoms with Crippen LogP contribution in [0.5, 0.6) is 0 Å². The number of hydrogen-bond acceptors (Lipinski definition) is 3. The van der Waals surface area contributed by atoms with Crippen LogP contribution >= 0.6 is 0 Å². The fraction of sp³-hybridized carbons (Fsp3) is 0.533. The topological polar surface area (TPSA) is 61.4 Å². The Balaban J connectivity index is 1.70. The maximum Gasteiger partial charge on any atom is 0.239 e. The van der Waals surface area contributed by atoms with Gasteiger partial charge in [0.05, 0.1) is 12.1 Å². The van der Waals surface area contributed by atoms with Gasteiger partial charge in [0, 0.05) is 12.2 Å². The molecule has 19 heavy (non-hydrogen) atoms. The minimum Gasteiger partial charge on any atom is -0.388 e. The minimum atomic E-state index is -0.694. The van der Waals surface area contributed by atoms with Gasteiger partial charge in [-0.05, 0) is 25.0 Å². The summed E-state index contributed by atoms with van der Waals surface area (Å²) in [5.41, 5.74) is 0.231. The van der Waals surface area contributed by atoms with Gasteiger partial charge < -0.3 is 15.7 Å². The number of carbonyl (C=O) groups is 1. The quantitative estimate of drug-likeness (QED) is 0.759. The van der Waals surface area contributed by atoms with E-state index in [1.54, 1.807) is 0 Å². The highest BCUT2D eigenvalue weighted by Gasteiger charge is 2.29. The van der Waals surface area contributed by atoms with Crippen molar-refractivity contribution < 1.29 is 9.90 Å². The van der Waals surface area contributed by atoms with Crippen LogP contribution in [-0.2, 0) is 4.79 Å². The van der Waals surface area contributed by atoms with Gasteiger partial charge in [-0.3, -0.25) is 4.79 Å². The second-order valence-electron chi connectivity index (χ2n) is 5.28. The van der Waals surface area contributed by atoms with E-state index in [0.717, 1.165) is 31.4 Å². The van der Waals surface area contributed by atoms with Crippen LogP contribution in [-0.4, -0.2) is 29.7 Å².